The predicted molar refractivity (Wildman–Crippen MR) is 81.8 cm³/mol. The van der Waals surface area contributed by atoms with Crippen molar-refractivity contribution in [2.45, 2.75) is 17.9 Å². The van der Waals surface area contributed by atoms with Gasteiger partial charge < -0.3 is 9.73 Å². The van der Waals surface area contributed by atoms with Crippen LogP contribution in [-0.2, 0) is 23.0 Å². The molecule has 0 aliphatic heterocycles. The fourth-order valence-electron chi connectivity index (χ4n) is 1.88. The third-order valence-electron chi connectivity index (χ3n) is 2.95. The zero-order valence-corrected chi connectivity index (χ0v) is 13.2. The summed E-state index contributed by atoms with van der Waals surface area (Å²) >= 11 is 6.08. The van der Waals surface area contributed by atoms with Gasteiger partial charge in [0.05, 0.1) is 11.2 Å². The van der Waals surface area contributed by atoms with E-state index in [0.29, 0.717) is 18.0 Å². The number of sulfonamides is 1. The molecule has 0 aliphatic carbocycles. The van der Waals surface area contributed by atoms with Crippen LogP contribution in [0.2, 0.25) is 5.02 Å². The zero-order chi connectivity index (χ0) is 15.3. The van der Waals surface area contributed by atoms with Crippen LogP contribution in [0.15, 0.2) is 45.9 Å². The molecule has 0 fully saturated rings. The number of furan rings is 1. The first-order valence-electron chi connectivity index (χ1n) is 6.48. The SMILES string of the molecule is CNCc1ccc(S(=O)(=O)NCCc2ccco2)cc1Cl. The summed E-state index contributed by atoms with van der Waals surface area (Å²) in [5, 5.41) is 3.40. The van der Waals surface area contributed by atoms with Gasteiger partial charge in [-0.15, -0.1) is 0 Å². The Morgan fingerprint density at radius 1 is 1.29 bits per heavy atom. The van der Waals surface area contributed by atoms with Gasteiger partial charge in [0, 0.05) is 24.5 Å². The van der Waals surface area contributed by atoms with Gasteiger partial charge in [0.15, 0.2) is 0 Å². The number of rotatable bonds is 7. The van der Waals surface area contributed by atoms with Crippen molar-refractivity contribution >= 4 is 21.6 Å². The Kier molecular flexibility index (Phi) is 5.41. The lowest BCUT2D eigenvalue weighted by Gasteiger charge is -2.09. The molecule has 0 aliphatic rings. The molecule has 114 valence electrons. The Morgan fingerprint density at radius 3 is 2.71 bits per heavy atom. The molecule has 0 bridgehead atoms. The molecule has 1 aromatic carbocycles. The largest absolute Gasteiger partial charge is 0.469 e. The van der Waals surface area contributed by atoms with Crippen LogP contribution in [0.5, 0.6) is 0 Å². The molecule has 2 N–H and O–H groups in total. The molecule has 0 saturated heterocycles. The molecule has 1 heterocycles. The van der Waals surface area contributed by atoms with E-state index in [4.69, 9.17) is 16.0 Å². The van der Waals surface area contributed by atoms with E-state index in [9.17, 15) is 8.42 Å². The normalized spacial score (nSPS) is 11.7. The minimum atomic E-state index is -3.56. The quantitative estimate of drug-likeness (QED) is 0.817. The van der Waals surface area contributed by atoms with Crippen molar-refractivity contribution in [3.8, 4) is 0 Å². The van der Waals surface area contributed by atoms with Gasteiger partial charge in [-0.25, -0.2) is 13.1 Å². The van der Waals surface area contributed by atoms with Crippen LogP contribution < -0.4 is 10.0 Å². The molecule has 2 aromatic rings. The average molecular weight is 329 g/mol. The minimum Gasteiger partial charge on any atom is -0.469 e. The molecular weight excluding hydrogens is 312 g/mol. The summed E-state index contributed by atoms with van der Waals surface area (Å²) in [5.41, 5.74) is 0.855. The second kappa shape index (κ2) is 7.09. The van der Waals surface area contributed by atoms with E-state index in [2.05, 4.69) is 10.0 Å². The van der Waals surface area contributed by atoms with Crippen molar-refractivity contribution < 1.29 is 12.8 Å². The molecule has 5 nitrogen and oxygen atoms in total. The van der Waals surface area contributed by atoms with E-state index in [1.807, 2.05) is 0 Å². The molecule has 2 rings (SSSR count). The smallest absolute Gasteiger partial charge is 0.240 e. The third kappa shape index (κ3) is 4.31. The van der Waals surface area contributed by atoms with Crippen LogP contribution in [0.1, 0.15) is 11.3 Å². The van der Waals surface area contributed by atoms with Gasteiger partial charge >= 0.3 is 0 Å². The van der Waals surface area contributed by atoms with E-state index in [1.165, 1.54) is 6.07 Å². The van der Waals surface area contributed by atoms with Crippen molar-refractivity contribution in [1.82, 2.24) is 10.0 Å². The van der Waals surface area contributed by atoms with Gasteiger partial charge in [-0.1, -0.05) is 17.7 Å². The highest BCUT2D eigenvalue weighted by Crippen LogP contribution is 2.20. The van der Waals surface area contributed by atoms with E-state index in [-0.39, 0.29) is 11.4 Å². The fraction of sp³-hybridized carbons (Fsp3) is 0.286. The molecule has 0 unspecified atom stereocenters. The van der Waals surface area contributed by atoms with Crippen molar-refractivity contribution in [3.05, 3.63) is 52.9 Å². The minimum absolute atomic E-state index is 0.159. The first-order valence-corrected chi connectivity index (χ1v) is 8.34. The maximum atomic E-state index is 12.2. The summed E-state index contributed by atoms with van der Waals surface area (Å²) in [5.74, 6) is 0.736. The predicted octanol–water partition coefficient (Wildman–Crippen LogP) is 2.17. The maximum Gasteiger partial charge on any atom is 0.240 e. The summed E-state index contributed by atoms with van der Waals surface area (Å²) in [6.45, 7) is 0.858. The molecule has 0 atom stereocenters. The molecule has 1 aromatic heterocycles. The van der Waals surface area contributed by atoms with E-state index in [1.54, 1.807) is 37.6 Å². The topological polar surface area (TPSA) is 71.3 Å². The number of halogens is 1. The first kappa shape index (κ1) is 16.0. The highest BCUT2D eigenvalue weighted by molar-refractivity contribution is 7.89. The monoisotopic (exact) mass is 328 g/mol. The molecule has 0 saturated carbocycles. The summed E-state index contributed by atoms with van der Waals surface area (Å²) < 4.78 is 32.0. The fourth-order valence-corrected chi connectivity index (χ4v) is 3.25. The van der Waals surface area contributed by atoms with Gasteiger partial charge in [0.2, 0.25) is 10.0 Å². The average Bonchev–Trinajstić information content (AvgIpc) is 2.94. The van der Waals surface area contributed by atoms with E-state index >= 15 is 0 Å². The van der Waals surface area contributed by atoms with Crippen LogP contribution in [0.3, 0.4) is 0 Å². The van der Waals surface area contributed by atoms with Crippen molar-refractivity contribution in [2.24, 2.45) is 0 Å². The number of hydrogen-bond donors (Lipinski definition) is 2. The first-order chi connectivity index (χ1) is 10.0. The molecule has 0 radical (unpaired) electrons. The number of hydrogen-bond acceptors (Lipinski definition) is 4. The lowest BCUT2D eigenvalue weighted by molar-refractivity contribution is 0.506. The van der Waals surface area contributed by atoms with Crippen molar-refractivity contribution in [1.29, 1.82) is 0 Å². The van der Waals surface area contributed by atoms with Crippen molar-refractivity contribution in [2.75, 3.05) is 13.6 Å². The second-order valence-electron chi connectivity index (χ2n) is 4.51. The van der Waals surface area contributed by atoms with Crippen LogP contribution >= 0.6 is 11.6 Å². The zero-order valence-electron chi connectivity index (χ0n) is 11.6. The molecular formula is C14H17ClN2O3S. The number of nitrogens with one attached hydrogen (secondary N) is 2. The molecule has 0 spiro atoms. The molecule has 21 heavy (non-hydrogen) atoms. The maximum absolute atomic E-state index is 12.2. The van der Waals surface area contributed by atoms with Gasteiger partial charge in [0.25, 0.3) is 0 Å². The van der Waals surface area contributed by atoms with Gasteiger partial charge in [-0.3, -0.25) is 0 Å². The lowest BCUT2D eigenvalue weighted by atomic mass is 10.2. The summed E-state index contributed by atoms with van der Waals surface area (Å²) in [6.07, 6.45) is 2.06. The Hall–Kier alpha value is -1.34. The highest BCUT2D eigenvalue weighted by Gasteiger charge is 2.15. The van der Waals surface area contributed by atoms with Gasteiger partial charge in [-0.2, -0.15) is 0 Å². The lowest BCUT2D eigenvalue weighted by Crippen LogP contribution is -2.26. The molecule has 0 amide bonds. The van der Waals surface area contributed by atoms with Crippen LogP contribution in [0.25, 0.3) is 0 Å². The summed E-state index contributed by atoms with van der Waals surface area (Å²) in [6, 6.07) is 8.29. The van der Waals surface area contributed by atoms with Crippen LogP contribution in [0, 0.1) is 0 Å². The van der Waals surface area contributed by atoms with Crippen LogP contribution in [-0.4, -0.2) is 22.0 Å². The second-order valence-corrected chi connectivity index (χ2v) is 6.68. The van der Waals surface area contributed by atoms with Crippen LogP contribution in [0.4, 0.5) is 0 Å². The Labute approximate surface area is 129 Å². The van der Waals surface area contributed by atoms with Gasteiger partial charge in [-0.05, 0) is 36.9 Å². The van der Waals surface area contributed by atoms with Gasteiger partial charge in [0.1, 0.15) is 5.76 Å². The third-order valence-corrected chi connectivity index (χ3v) is 4.76. The Bertz CT molecular complexity index is 684. The highest BCUT2D eigenvalue weighted by atomic mass is 35.5. The Morgan fingerprint density at radius 2 is 2.10 bits per heavy atom. The summed E-state index contributed by atoms with van der Waals surface area (Å²) in [7, 11) is -1.76. The Balaban J connectivity index is 2.03. The van der Waals surface area contributed by atoms with Crippen molar-refractivity contribution in [3.63, 3.8) is 0 Å². The standard InChI is InChI=1S/C14H17ClN2O3S/c1-16-10-11-4-5-13(9-14(11)15)21(18,19)17-7-6-12-3-2-8-20-12/h2-5,8-9,16-17H,6-7,10H2,1H3. The van der Waals surface area contributed by atoms with E-state index in [0.717, 1.165) is 11.3 Å². The van der Waals surface area contributed by atoms with E-state index < -0.39 is 10.0 Å². The molecule has 7 heteroatoms. The summed E-state index contributed by atoms with van der Waals surface area (Å²) in [4.78, 5) is 0.159. The number of benzene rings is 1.